The highest BCUT2D eigenvalue weighted by Gasteiger charge is 2.28. The molecule has 4 aliphatic rings. The Labute approximate surface area is 639 Å². The number of carbonyl (C=O) groups excluding carboxylic acids is 1. The number of ether oxygens (including phenoxy) is 4. The fourth-order valence-corrected chi connectivity index (χ4v) is 15.9. The topological polar surface area (TPSA) is 264 Å². The van der Waals surface area contributed by atoms with Crippen LogP contribution in [-0.2, 0) is 60.9 Å². The average molecular weight is 1720 g/mol. The lowest BCUT2D eigenvalue weighted by Gasteiger charge is -2.27. The number of benzene rings is 8. The van der Waals surface area contributed by atoms with E-state index in [9.17, 15) is 54.4 Å². The van der Waals surface area contributed by atoms with Crippen LogP contribution in [0.2, 0.25) is 10.0 Å². The molecule has 8 aromatic rings. The lowest BCUT2D eigenvalue weighted by Crippen LogP contribution is -2.31. The van der Waals surface area contributed by atoms with Crippen LogP contribution in [0.5, 0.6) is 63.2 Å². The van der Waals surface area contributed by atoms with E-state index in [1.807, 2.05) is 24.3 Å². The van der Waals surface area contributed by atoms with Crippen molar-refractivity contribution in [3.05, 3.63) is 204 Å². The summed E-state index contributed by atoms with van der Waals surface area (Å²) in [6.45, 7) is 3.06. The van der Waals surface area contributed by atoms with Gasteiger partial charge in [-0.2, -0.15) is 0 Å². The quantitative estimate of drug-likeness (QED) is 0.0186. The van der Waals surface area contributed by atoms with Crippen LogP contribution in [0.1, 0.15) is 116 Å². The smallest absolute Gasteiger partial charge is 0.305 e. The summed E-state index contributed by atoms with van der Waals surface area (Å²) in [5.41, 5.74) is 13.1. The number of carbonyl (C=O) groups is 1. The minimum Gasteiger partial charge on any atom is -0.504 e. The van der Waals surface area contributed by atoms with Gasteiger partial charge >= 0.3 is 5.97 Å². The van der Waals surface area contributed by atoms with E-state index in [1.165, 1.54) is 51.2 Å². The van der Waals surface area contributed by atoms with Gasteiger partial charge < -0.3 is 81.1 Å². The molecule has 0 saturated heterocycles. The molecule has 12 rings (SSSR count). The second-order valence-corrected chi connectivity index (χ2v) is 27.7. The highest BCUT2D eigenvalue weighted by molar-refractivity contribution is 14.1. The predicted molar refractivity (Wildman–Crippen MR) is 408 cm³/mol. The molecule has 0 fully saturated rings. The van der Waals surface area contributed by atoms with Crippen molar-refractivity contribution >= 4 is 127 Å². The van der Waals surface area contributed by atoms with Crippen molar-refractivity contribution in [2.24, 2.45) is 0 Å². The lowest BCUT2D eigenvalue weighted by molar-refractivity contribution is -0.140. The van der Waals surface area contributed by atoms with E-state index >= 15 is 0 Å². The summed E-state index contributed by atoms with van der Waals surface area (Å²) in [5, 5.41) is 92.4. The molecule has 4 atom stereocenters. The van der Waals surface area contributed by atoms with Crippen molar-refractivity contribution in [3.63, 3.8) is 0 Å². The largest absolute Gasteiger partial charge is 0.504 e. The van der Waals surface area contributed by atoms with Crippen LogP contribution < -0.4 is 35.5 Å². The number of fused-ring (bicyclic) bond motifs is 4. The lowest BCUT2D eigenvalue weighted by atomic mass is 9.79. The first-order chi connectivity index (χ1) is 46.4. The van der Waals surface area contributed by atoms with Gasteiger partial charge in [0.2, 0.25) is 0 Å². The Hall–Kier alpha value is -6.29. The summed E-state index contributed by atoms with van der Waals surface area (Å²) >= 11 is 21.8. The standard InChI is InChI=1S/C22H26INO4.C17H17Br2NO3.C17H17Cl2NO3.C17H17F2NO3.3ClH/c1-28-22(27)6-3-9-24-19-8-7-14(11-18(19)23)10-15-4-2-5-16-12-20(25)21(26)13-17(15)16;3*1-23-17-12(18)4-9(5-13(17)19)6-14-11-8-16(22)15(21)7-10(11)2-3-20-14;;;/h7-8,11-13,15,24-26H,2-6,9-10H2,1H3;3*4-5,7-8,14,20-22H,2-3,6H2,1H3;3*1H. The molecule has 0 saturated carbocycles. The molecule has 100 heavy (non-hydrogen) atoms. The summed E-state index contributed by atoms with van der Waals surface area (Å²) < 4.78 is 50.4. The molecule has 17 nitrogen and oxygen atoms in total. The minimum atomic E-state index is -0.743. The van der Waals surface area contributed by atoms with Gasteiger partial charge in [0.05, 0.1) is 47.4 Å². The molecular weight excluding hydrogens is 1640 g/mol. The number of aryl methyl sites for hydroxylation is 1. The van der Waals surface area contributed by atoms with Gasteiger partial charge in [0.25, 0.3) is 0 Å². The van der Waals surface area contributed by atoms with Crippen molar-refractivity contribution in [2.45, 2.75) is 101 Å². The zero-order valence-electron chi connectivity index (χ0n) is 54.9. The molecule has 4 unspecified atom stereocenters. The van der Waals surface area contributed by atoms with Crippen LogP contribution >= 0.6 is 115 Å². The van der Waals surface area contributed by atoms with Gasteiger partial charge in [0.15, 0.2) is 69.1 Å². The number of methoxy groups -OCH3 is 4. The SMILES string of the molecule is COC(=O)CCCNc1ccc(CC2CCCc3cc(O)c(O)cc32)cc1I.COc1c(Br)cc(CC2NCCc3cc(O)c(O)cc32)cc1Br.COc1c(Cl)cc(CC2NCCc3cc(O)c(O)cc32)cc1Cl.COc1c(F)cc(CC2NCCc3cc(O)c(O)cc32)cc1F.Cl.Cl.Cl. The average Bonchev–Trinajstić information content (AvgIpc) is 0.813. The number of aromatic hydroxyl groups is 8. The number of halogens is 10. The van der Waals surface area contributed by atoms with Crippen LogP contribution in [0.15, 0.2) is 112 Å². The molecule has 0 bridgehead atoms. The van der Waals surface area contributed by atoms with E-state index in [1.54, 1.807) is 43.5 Å². The Kier molecular flexibility index (Phi) is 31.6. The van der Waals surface area contributed by atoms with Gasteiger partial charge in [-0.1, -0.05) is 29.3 Å². The molecule has 27 heteroatoms. The molecule has 8 aromatic carbocycles. The maximum Gasteiger partial charge on any atom is 0.305 e. The molecule has 0 amide bonds. The third kappa shape index (κ3) is 21.0. The number of esters is 1. The number of hydrogen-bond donors (Lipinski definition) is 12. The maximum atomic E-state index is 13.8. The molecule has 1 aliphatic carbocycles. The second-order valence-electron chi connectivity index (χ2n) is 24.0. The van der Waals surface area contributed by atoms with E-state index < -0.39 is 17.4 Å². The summed E-state index contributed by atoms with van der Waals surface area (Å²) in [6.07, 6.45) is 9.36. The zero-order chi connectivity index (χ0) is 69.8. The van der Waals surface area contributed by atoms with Crippen molar-refractivity contribution < 1.29 is 73.4 Å². The second kappa shape index (κ2) is 38.3. The Morgan fingerprint density at radius 3 is 1.31 bits per heavy atom. The van der Waals surface area contributed by atoms with Gasteiger partial charge in [-0.15, -0.1) is 37.2 Å². The molecular formula is C73H80Br2Cl5F2IN4O13. The molecule has 12 N–H and O–H groups in total. The Balaban J connectivity index is 0.000000209. The maximum absolute atomic E-state index is 13.8. The number of nitrogens with one attached hydrogen (secondary N) is 4. The third-order valence-corrected chi connectivity index (χ3v) is 20.2. The highest BCUT2D eigenvalue weighted by atomic mass is 127. The van der Waals surface area contributed by atoms with Gasteiger partial charge in [0, 0.05) is 40.3 Å². The molecule has 3 heterocycles. The van der Waals surface area contributed by atoms with E-state index in [2.05, 4.69) is 103 Å². The van der Waals surface area contributed by atoms with Gasteiger partial charge in [-0.25, -0.2) is 8.78 Å². The summed E-state index contributed by atoms with van der Waals surface area (Å²) in [6, 6.07) is 29.6. The first-order valence-electron chi connectivity index (χ1n) is 31.5. The van der Waals surface area contributed by atoms with Crippen LogP contribution in [0.25, 0.3) is 0 Å². The fraction of sp³-hybridized carbons (Fsp3) is 0.329. The van der Waals surface area contributed by atoms with E-state index in [4.69, 9.17) is 32.7 Å². The summed E-state index contributed by atoms with van der Waals surface area (Å²) in [5.74, 6) is -1.22. The number of phenolic OH excluding ortho intramolecular Hbond substituents is 8. The van der Waals surface area contributed by atoms with E-state index in [-0.39, 0.29) is 107 Å². The zero-order valence-corrected chi connectivity index (χ0v) is 64.2. The Morgan fingerprint density at radius 2 is 0.900 bits per heavy atom. The normalized spacial score (nSPS) is 16.1. The van der Waals surface area contributed by atoms with E-state index in [0.717, 1.165) is 151 Å². The summed E-state index contributed by atoms with van der Waals surface area (Å²) in [4.78, 5) is 11.2. The third-order valence-electron chi connectivity index (χ3n) is 17.6. The highest BCUT2D eigenvalue weighted by Crippen LogP contribution is 2.44. The van der Waals surface area contributed by atoms with Crippen molar-refractivity contribution in [1.29, 1.82) is 0 Å². The molecule has 0 aromatic heterocycles. The molecule has 0 radical (unpaired) electrons. The summed E-state index contributed by atoms with van der Waals surface area (Å²) in [7, 11) is 5.79. The molecule has 0 spiro atoms. The van der Waals surface area contributed by atoms with Crippen LogP contribution in [0.3, 0.4) is 0 Å². The van der Waals surface area contributed by atoms with Crippen LogP contribution in [-0.4, -0.2) is 101 Å². The van der Waals surface area contributed by atoms with Crippen molar-refractivity contribution in [2.75, 3.05) is 59.9 Å². The van der Waals surface area contributed by atoms with Gasteiger partial charge in [0.1, 0.15) is 5.75 Å². The fourth-order valence-electron chi connectivity index (χ4n) is 12.8. The van der Waals surface area contributed by atoms with Gasteiger partial charge in [-0.3, -0.25) is 4.79 Å². The predicted octanol–water partition coefficient (Wildman–Crippen LogP) is 16.7. The van der Waals surface area contributed by atoms with Crippen LogP contribution in [0.4, 0.5) is 14.5 Å². The number of hydrogen-bond acceptors (Lipinski definition) is 17. The number of anilines is 1. The van der Waals surface area contributed by atoms with Crippen molar-refractivity contribution in [1.82, 2.24) is 16.0 Å². The Bertz CT molecular complexity index is 3800. The molecule has 540 valence electrons. The molecule has 3 aliphatic heterocycles. The first-order valence-corrected chi connectivity index (χ1v) is 34.9. The van der Waals surface area contributed by atoms with Crippen LogP contribution in [0, 0.1) is 15.2 Å². The monoisotopic (exact) mass is 1720 g/mol. The van der Waals surface area contributed by atoms with E-state index in [0.29, 0.717) is 59.5 Å². The number of phenols is 8. The first kappa shape index (κ1) is 82.7. The Morgan fingerprint density at radius 1 is 0.510 bits per heavy atom. The number of rotatable bonds is 16. The van der Waals surface area contributed by atoms with Gasteiger partial charge in [-0.05, 0) is 314 Å². The van der Waals surface area contributed by atoms with Crippen molar-refractivity contribution in [3.8, 4) is 63.2 Å². The minimum absolute atomic E-state index is 0.